The van der Waals surface area contributed by atoms with Crippen LogP contribution in [0.4, 0.5) is 0 Å². The van der Waals surface area contributed by atoms with Gasteiger partial charge in [0, 0.05) is 39.1 Å². The van der Waals surface area contributed by atoms with Crippen LogP contribution in [-0.4, -0.2) is 67.9 Å². The van der Waals surface area contributed by atoms with Gasteiger partial charge in [-0.2, -0.15) is 12.6 Å². The van der Waals surface area contributed by atoms with Crippen molar-refractivity contribution in [3.63, 3.8) is 0 Å². The third kappa shape index (κ3) is 5.10. The van der Waals surface area contributed by atoms with Crippen molar-refractivity contribution in [2.24, 2.45) is 0 Å². The molecule has 1 saturated heterocycles. The average Bonchev–Trinajstić information content (AvgIpc) is 2.56. The molecule has 0 spiro atoms. The van der Waals surface area contributed by atoms with Crippen LogP contribution < -0.4 is 9.47 Å². The Labute approximate surface area is 137 Å². The SMILES string of the molecule is COc1ccc(OCCN2CCN(C(=O)CCS)CC2)cc1. The van der Waals surface area contributed by atoms with Crippen LogP contribution >= 0.6 is 12.6 Å². The van der Waals surface area contributed by atoms with E-state index < -0.39 is 0 Å². The minimum absolute atomic E-state index is 0.212. The molecular weight excluding hydrogens is 300 g/mol. The second kappa shape index (κ2) is 8.90. The lowest BCUT2D eigenvalue weighted by atomic mass is 10.3. The number of amides is 1. The largest absolute Gasteiger partial charge is 0.497 e. The van der Waals surface area contributed by atoms with E-state index in [4.69, 9.17) is 9.47 Å². The standard InChI is InChI=1S/C16H24N2O3S/c1-20-14-2-4-15(5-3-14)21-12-11-17-7-9-18(10-8-17)16(19)6-13-22/h2-5,22H,6-13H2,1H3. The van der Waals surface area contributed by atoms with Crippen LogP contribution in [0.25, 0.3) is 0 Å². The maximum Gasteiger partial charge on any atom is 0.223 e. The zero-order chi connectivity index (χ0) is 15.8. The number of rotatable bonds is 7. The van der Waals surface area contributed by atoms with Crippen molar-refractivity contribution in [3.05, 3.63) is 24.3 Å². The van der Waals surface area contributed by atoms with Crippen molar-refractivity contribution in [3.8, 4) is 11.5 Å². The van der Waals surface area contributed by atoms with E-state index in [2.05, 4.69) is 17.5 Å². The summed E-state index contributed by atoms with van der Waals surface area (Å²) in [5.41, 5.74) is 0. The van der Waals surface area contributed by atoms with Crippen molar-refractivity contribution >= 4 is 18.5 Å². The molecular formula is C16H24N2O3S. The Morgan fingerprint density at radius 2 is 1.77 bits per heavy atom. The number of hydrogen-bond donors (Lipinski definition) is 1. The maximum absolute atomic E-state index is 11.8. The van der Waals surface area contributed by atoms with Crippen molar-refractivity contribution in [2.45, 2.75) is 6.42 Å². The molecule has 1 heterocycles. The summed E-state index contributed by atoms with van der Waals surface area (Å²) < 4.78 is 10.8. The van der Waals surface area contributed by atoms with E-state index >= 15 is 0 Å². The summed E-state index contributed by atoms with van der Waals surface area (Å²) in [6.45, 7) is 4.94. The predicted octanol–water partition coefficient (Wildman–Crippen LogP) is 1.54. The molecule has 1 amide bonds. The lowest BCUT2D eigenvalue weighted by Gasteiger charge is -2.34. The molecule has 0 atom stereocenters. The Morgan fingerprint density at radius 3 is 2.36 bits per heavy atom. The first kappa shape index (κ1) is 17.0. The number of piperazine rings is 1. The number of carbonyl (C=O) groups excluding carboxylic acids is 1. The highest BCUT2D eigenvalue weighted by Gasteiger charge is 2.20. The first-order chi connectivity index (χ1) is 10.7. The third-order valence-electron chi connectivity index (χ3n) is 3.79. The van der Waals surface area contributed by atoms with Gasteiger partial charge >= 0.3 is 0 Å². The first-order valence-corrected chi connectivity index (χ1v) is 8.24. The Kier molecular flexibility index (Phi) is 6.86. The Hall–Kier alpha value is -1.40. The van der Waals surface area contributed by atoms with E-state index in [0.29, 0.717) is 18.8 Å². The molecule has 0 aliphatic carbocycles. The van der Waals surface area contributed by atoms with E-state index in [1.165, 1.54) is 0 Å². The van der Waals surface area contributed by atoms with Gasteiger partial charge in [0.25, 0.3) is 0 Å². The minimum Gasteiger partial charge on any atom is -0.497 e. The number of ether oxygens (including phenoxy) is 2. The Balaban J connectivity index is 1.65. The lowest BCUT2D eigenvalue weighted by Crippen LogP contribution is -2.49. The number of thiol groups is 1. The minimum atomic E-state index is 0.212. The van der Waals surface area contributed by atoms with Gasteiger partial charge in [-0.25, -0.2) is 0 Å². The first-order valence-electron chi connectivity index (χ1n) is 7.61. The van der Waals surface area contributed by atoms with Crippen LogP contribution in [0.3, 0.4) is 0 Å². The third-order valence-corrected chi connectivity index (χ3v) is 4.01. The summed E-state index contributed by atoms with van der Waals surface area (Å²) in [6.07, 6.45) is 0.531. The van der Waals surface area contributed by atoms with Crippen LogP contribution in [0.15, 0.2) is 24.3 Å². The van der Waals surface area contributed by atoms with Gasteiger partial charge in [-0.05, 0) is 30.0 Å². The summed E-state index contributed by atoms with van der Waals surface area (Å²) in [5.74, 6) is 2.51. The van der Waals surface area contributed by atoms with Crippen molar-refractivity contribution in [2.75, 3.05) is 52.2 Å². The highest BCUT2D eigenvalue weighted by atomic mass is 32.1. The van der Waals surface area contributed by atoms with Gasteiger partial charge in [0.05, 0.1) is 7.11 Å². The molecule has 1 fully saturated rings. The maximum atomic E-state index is 11.8. The smallest absolute Gasteiger partial charge is 0.223 e. The van der Waals surface area contributed by atoms with Crippen LogP contribution in [0.1, 0.15) is 6.42 Å². The molecule has 0 unspecified atom stereocenters. The molecule has 0 radical (unpaired) electrons. The number of methoxy groups -OCH3 is 1. The van der Waals surface area contributed by atoms with Gasteiger partial charge in [-0.15, -0.1) is 0 Å². The molecule has 0 aromatic heterocycles. The molecule has 1 aromatic carbocycles. The van der Waals surface area contributed by atoms with E-state index in [1.54, 1.807) is 7.11 Å². The Morgan fingerprint density at radius 1 is 1.14 bits per heavy atom. The molecule has 22 heavy (non-hydrogen) atoms. The molecule has 122 valence electrons. The van der Waals surface area contributed by atoms with Gasteiger partial charge in [-0.1, -0.05) is 0 Å². The zero-order valence-electron chi connectivity index (χ0n) is 13.0. The van der Waals surface area contributed by atoms with Gasteiger partial charge in [0.15, 0.2) is 0 Å². The normalized spacial score (nSPS) is 15.6. The second-order valence-corrected chi connectivity index (χ2v) is 5.67. The number of hydrogen-bond acceptors (Lipinski definition) is 5. The molecule has 1 aliphatic heterocycles. The molecule has 0 bridgehead atoms. The quantitative estimate of drug-likeness (QED) is 0.773. The molecule has 0 N–H and O–H groups in total. The van der Waals surface area contributed by atoms with Gasteiger partial charge in [0.2, 0.25) is 5.91 Å². The Bertz CT molecular complexity index is 459. The fourth-order valence-electron chi connectivity index (χ4n) is 2.44. The summed E-state index contributed by atoms with van der Waals surface area (Å²) in [4.78, 5) is 16.0. The summed E-state index contributed by atoms with van der Waals surface area (Å²) in [5, 5.41) is 0. The van der Waals surface area contributed by atoms with Gasteiger partial charge in [-0.3, -0.25) is 9.69 Å². The van der Waals surface area contributed by atoms with Crippen molar-refractivity contribution < 1.29 is 14.3 Å². The average molecular weight is 324 g/mol. The molecule has 1 aliphatic rings. The number of benzene rings is 1. The predicted molar refractivity (Wildman–Crippen MR) is 90.0 cm³/mol. The topological polar surface area (TPSA) is 42.0 Å². The van der Waals surface area contributed by atoms with Crippen LogP contribution in [0, 0.1) is 0 Å². The van der Waals surface area contributed by atoms with Crippen LogP contribution in [0.5, 0.6) is 11.5 Å². The van der Waals surface area contributed by atoms with Crippen molar-refractivity contribution in [1.29, 1.82) is 0 Å². The summed E-state index contributed by atoms with van der Waals surface area (Å²) in [7, 11) is 1.65. The van der Waals surface area contributed by atoms with E-state index in [9.17, 15) is 4.79 Å². The van der Waals surface area contributed by atoms with Gasteiger partial charge < -0.3 is 14.4 Å². The van der Waals surface area contributed by atoms with E-state index in [1.807, 2.05) is 29.2 Å². The molecule has 1 aromatic rings. The van der Waals surface area contributed by atoms with Crippen molar-refractivity contribution in [1.82, 2.24) is 9.80 Å². The molecule has 0 saturated carbocycles. The highest BCUT2D eigenvalue weighted by molar-refractivity contribution is 7.80. The highest BCUT2D eigenvalue weighted by Crippen LogP contribution is 2.17. The zero-order valence-corrected chi connectivity index (χ0v) is 13.9. The summed E-state index contributed by atoms with van der Waals surface area (Å²) >= 11 is 4.11. The monoisotopic (exact) mass is 324 g/mol. The molecule has 5 nitrogen and oxygen atoms in total. The van der Waals surface area contributed by atoms with E-state index in [-0.39, 0.29) is 5.91 Å². The molecule has 2 rings (SSSR count). The second-order valence-electron chi connectivity index (χ2n) is 5.22. The van der Waals surface area contributed by atoms with E-state index in [0.717, 1.165) is 44.2 Å². The van der Waals surface area contributed by atoms with Crippen LogP contribution in [0.2, 0.25) is 0 Å². The van der Waals surface area contributed by atoms with Crippen LogP contribution in [-0.2, 0) is 4.79 Å². The molecule has 6 heteroatoms. The number of nitrogens with zero attached hydrogens (tertiary/aromatic N) is 2. The van der Waals surface area contributed by atoms with Gasteiger partial charge in [0.1, 0.15) is 18.1 Å². The lowest BCUT2D eigenvalue weighted by molar-refractivity contribution is -0.132. The fraction of sp³-hybridized carbons (Fsp3) is 0.562. The fourth-order valence-corrected chi connectivity index (χ4v) is 2.63. The number of carbonyl (C=O) groups is 1. The summed E-state index contributed by atoms with van der Waals surface area (Å²) in [6, 6.07) is 7.60.